The third-order valence-electron chi connectivity index (χ3n) is 5.13. The Morgan fingerprint density at radius 2 is 1.83 bits per heavy atom. The first-order chi connectivity index (χ1) is 8.85. The molecular weight excluding hydrogens is 218 g/mol. The van der Waals surface area contributed by atoms with Gasteiger partial charge in [-0.3, -0.25) is 0 Å². The van der Waals surface area contributed by atoms with E-state index in [4.69, 9.17) is 0 Å². The smallest absolute Gasteiger partial charge is 0.0164 e. The summed E-state index contributed by atoms with van der Waals surface area (Å²) in [5.41, 5.74) is 1.99. The Hall–Kier alpha value is -0.820. The van der Waals surface area contributed by atoms with Crippen molar-refractivity contribution in [3.05, 3.63) is 35.9 Å². The van der Waals surface area contributed by atoms with Crippen LogP contribution in [0.1, 0.15) is 50.5 Å². The lowest BCUT2D eigenvalue weighted by Gasteiger charge is -2.38. The second kappa shape index (κ2) is 5.05. The normalized spacial score (nSPS) is 24.1. The summed E-state index contributed by atoms with van der Waals surface area (Å²) in [4.78, 5) is 0. The van der Waals surface area contributed by atoms with Gasteiger partial charge in [-0.1, -0.05) is 56.0 Å². The van der Waals surface area contributed by atoms with Gasteiger partial charge in [-0.2, -0.15) is 0 Å². The quantitative estimate of drug-likeness (QED) is 0.827. The first kappa shape index (κ1) is 12.2. The maximum absolute atomic E-state index is 3.65. The number of rotatable bonds is 5. The van der Waals surface area contributed by atoms with Crippen molar-refractivity contribution in [2.45, 2.75) is 56.4 Å². The summed E-state index contributed by atoms with van der Waals surface area (Å²) < 4.78 is 0. The van der Waals surface area contributed by atoms with E-state index in [1.165, 1.54) is 44.9 Å². The zero-order valence-corrected chi connectivity index (χ0v) is 11.5. The fraction of sp³-hybridized carbons (Fsp3) is 0.647. The molecule has 0 spiro atoms. The molecule has 2 aliphatic carbocycles. The summed E-state index contributed by atoms with van der Waals surface area (Å²) in [5.74, 6) is 1.00. The second-order valence-corrected chi connectivity index (χ2v) is 6.25. The van der Waals surface area contributed by atoms with Gasteiger partial charge in [-0.05, 0) is 37.8 Å². The van der Waals surface area contributed by atoms with Crippen LogP contribution in [0.4, 0.5) is 0 Å². The number of nitrogens with one attached hydrogen (secondary N) is 1. The Balaban J connectivity index is 1.89. The Bertz CT molecular complexity index is 374. The molecular formula is C17H25N. The van der Waals surface area contributed by atoms with Crippen LogP contribution in [0.15, 0.2) is 30.3 Å². The number of hydrogen-bond acceptors (Lipinski definition) is 1. The second-order valence-electron chi connectivity index (χ2n) is 6.25. The van der Waals surface area contributed by atoms with E-state index < -0.39 is 0 Å². The molecule has 0 heterocycles. The standard InChI is InChI=1S/C17H25N/c1-18-16(13-14-9-10-14)17(11-5-6-12-17)15-7-3-2-4-8-15/h2-4,7-8,14,16,18H,5-6,9-13H2,1H3. The monoisotopic (exact) mass is 243 g/mol. The molecule has 1 aromatic rings. The van der Waals surface area contributed by atoms with Crippen molar-refractivity contribution in [2.24, 2.45) is 5.92 Å². The molecule has 18 heavy (non-hydrogen) atoms. The van der Waals surface area contributed by atoms with Crippen molar-refractivity contribution in [1.29, 1.82) is 0 Å². The number of hydrogen-bond donors (Lipinski definition) is 1. The van der Waals surface area contributed by atoms with Gasteiger partial charge < -0.3 is 5.32 Å². The van der Waals surface area contributed by atoms with Gasteiger partial charge in [-0.15, -0.1) is 0 Å². The van der Waals surface area contributed by atoms with Crippen LogP contribution in [-0.4, -0.2) is 13.1 Å². The lowest BCUT2D eigenvalue weighted by Crippen LogP contribution is -2.45. The molecule has 98 valence electrons. The molecule has 0 amide bonds. The van der Waals surface area contributed by atoms with Crippen LogP contribution in [0.5, 0.6) is 0 Å². The molecule has 2 saturated carbocycles. The van der Waals surface area contributed by atoms with Crippen molar-refractivity contribution in [3.63, 3.8) is 0 Å². The predicted octanol–water partition coefficient (Wildman–Crippen LogP) is 3.89. The highest BCUT2D eigenvalue weighted by Crippen LogP contribution is 2.47. The molecule has 1 nitrogen and oxygen atoms in total. The van der Waals surface area contributed by atoms with E-state index in [-0.39, 0.29) is 0 Å². The molecule has 2 aliphatic rings. The Labute approximate surface area is 111 Å². The summed E-state index contributed by atoms with van der Waals surface area (Å²) in [6, 6.07) is 11.9. The zero-order valence-electron chi connectivity index (χ0n) is 11.5. The fourth-order valence-electron chi connectivity index (χ4n) is 3.92. The minimum absolute atomic E-state index is 0.415. The fourth-order valence-corrected chi connectivity index (χ4v) is 3.92. The SMILES string of the molecule is CNC(CC1CC1)C1(c2ccccc2)CCCC1. The summed E-state index contributed by atoms with van der Waals surface area (Å²) in [5, 5.41) is 3.65. The Morgan fingerprint density at radius 3 is 2.39 bits per heavy atom. The molecule has 0 aromatic heterocycles. The predicted molar refractivity (Wildman–Crippen MR) is 76.8 cm³/mol. The molecule has 0 radical (unpaired) electrons. The van der Waals surface area contributed by atoms with Crippen LogP contribution in [-0.2, 0) is 5.41 Å². The van der Waals surface area contributed by atoms with Crippen LogP contribution in [0.3, 0.4) is 0 Å². The van der Waals surface area contributed by atoms with Gasteiger partial charge in [0, 0.05) is 11.5 Å². The summed E-state index contributed by atoms with van der Waals surface area (Å²) in [6.45, 7) is 0. The van der Waals surface area contributed by atoms with Gasteiger partial charge in [0.2, 0.25) is 0 Å². The first-order valence-electron chi connectivity index (χ1n) is 7.58. The third-order valence-corrected chi connectivity index (χ3v) is 5.13. The third kappa shape index (κ3) is 2.21. The minimum atomic E-state index is 0.415. The van der Waals surface area contributed by atoms with E-state index in [1.807, 2.05) is 0 Å². The van der Waals surface area contributed by atoms with Gasteiger partial charge in [0.15, 0.2) is 0 Å². The van der Waals surface area contributed by atoms with Gasteiger partial charge in [0.1, 0.15) is 0 Å². The maximum atomic E-state index is 3.65. The van der Waals surface area contributed by atoms with Crippen LogP contribution in [0, 0.1) is 5.92 Å². The molecule has 1 heteroatoms. The van der Waals surface area contributed by atoms with Gasteiger partial charge >= 0.3 is 0 Å². The molecule has 1 atom stereocenters. The van der Waals surface area contributed by atoms with E-state index >= 15 is 0 Å². The molecule has 2 fully saturated rings. The zero-order chi connectivity index (χ0) is 12.4. The van der Waals surface area contributed by atoms with Gasteiger partial charge in [-0.25, -0.2) is 0 Å². The number of benzene rings is 1. The highest BCUT2D eigenvalue weighted by Gasteiger charge is 2.43. The van der Waals surface area contributed by atoms with Crippen molar-refractivity contribution in [3.8, 4) is 0 Å². The highest BCUT2D eigenvalue weighted by molar-refractivity contribution is 5.29. The van der Waals surface area contributed by atoms with E-state index in [0.29, 0.717) is 11.5 Å². The molecule has 0 saturated heterocycles. The lowest BCUT2D eigenvalue weighted by atomic mass is 9.71. The van der Waals surface area contributed by atoms with Crippen molar-refractivity contribution < 1.29 is 0 Å². The minimum Gasteiger partial charge on any atom is -0.316 e. The number of likely N-dealkylation sites (N-methyl/N-ethyl adjacent to an activating group) is 1. The van der Waals surface area contributed by atoms with Gasteiger partial charge in [0.25, 0.3) is 0 Å². The van der Waals surface area contributed by atoms with Crippen LogP contribution >= 0.6 is 0 Å². The average Bonchev–Trinajstić information content (AvgIpc) is 3.11. The van der Waals surface area contributed by atoms with Crippen molar-refractivity contribution in [2.75, 3.05) is 7.05 Å². The molecule has 0 aliphatic heterocycles. The van der Waals surface area contributed by atoms with E-state index in [2.05, 4.69) is 42.7 Å². The summed E-state index contributed by atoms with van der Waals surface area (Å²) in [6.07, 6.45) is 9.84. The van der Waals surface area contributed by atoms with Crippen molar-refractivity contribution in [1.82, 2.24) is 5.32 Å². The Kier molecular flexibility index (Phi) is 3.43. The summed E-state index contributed by atoms with van der Waals surface area (Å²) >= 11 is 0. The van der Waals surface area contributed by atoms with E-state index in [9.17, 15) is 0 Å². The van der Waals surface area contributed by atoms with E-state index in [0.717, 1.165) is 5.92 Å². The average molecular weight is 243 g/mol. The molecule has 1 N–H and O–H groups in total. The van der Waals surface area contributed by atoms with Gasteiger partial charge in [0.05, 0.1) is 0 Å². The van der Waals surface area contributed by atoms with Crippen molar-refractivity contribution >= 4 is 0 Å². The molecule has 0 bridgehead atoms. The molecule has 3 rings (SSSR count). The maximum Gasteiger partial charge on any atom is 0.0164 e. The summed E-state index contributed by atoms with van der Waals surface area (Å²) in [7, 11) is 2.16. The highest BCUT2D eigenvalue weighted by atomic mass is 14.9. The van der Waals surface area contributed by atoms with E-state index in [1.54, 1.807) is 5.56 Å². The first-order valence-corrected chi connectivity index (χ1v) is 7.58. The lowest BCUT2D eigenvalue weighted by molar-refractivity contribution is 0.285. The van der Waals surface area contributed by atoms with Crippen LogP contribution in [0.2, 0.25) is 0 Å². The molecule has 1 aromatic carbocycles. The largest absolute Gasteiger partial charge is 0.316 e. The topological polar surface area (TPSA) is 12.0 Å². The Morgan fingerprint density at radius 1 is 1.17 bits per heavy atom. The molecule has 1 unspecified atom stereocenters. The van der Waals surface area contributed by atoms with Crippen LogP contribution in [0.25, 0.3) is 0 Å². The van der Waals surface area contributed by atoms with Crippen LogP contribution < -0.4 is 5.32 Å².